The van der Waals surface area contributed by atoms with Gasteiger partial charge in [-0.25, -0.2) is 0 Å². The Labute approximate surface area is 446 Å². The van der Waals surface area contributed by atoms with E-state index in [9.17, 15) is 97.0 Å². The number of ether oxygens (including phenoxy) is 13. The standard InChI is InChI=1S/C46H80O32/c1-12-15(4)67-19(8-50)36(23(12)53)74-41-13(2)24(54)38(21(10-52)71-41)76-45-35(65)39(77-44-34(64)31(61)27(57)17(6-48)69-44)29(59)22(73-45)11-66-46-40(32(62)28(58)18(7-49)70-46)78-42-14(3)25(55)37(20(9-51)72-42)75-43-33(63)30(60)26(56)16(5-47)68-43/h12-65H,5-11H2,1-4H3/t12-,13+,14?,15+,16?,17-,18?,19?,20+,21?,22?,23?,24?,25?,26+,27-,28-,29-,30?,31?,32?,33+,34?,35-,36-,37-,38-,39?,40-,41+,42+,43+,44-,45+,46+/m1/s1. The average Bonchev–Trinajstić information content (AvgIpc) is 3.48. The Hall–Kier alpha value is -1.28. The van der Waals surface area contributed by atoms with Crippen molar-refractivity contribution in [3.05, 3.63) is 0 Å². The molecular weight excluding hydrogens is 1060 g/mol. The van der Waals surface area contributed by atoms with Crippen molar-refractivity contribution in [2.45, 2.75) is 224 Å². The Bertz CT molecular complexity index is 1810. The normalized spacial score (nSPS) is 53.5. The number of aliphatic hydroxyl groups excluding tert-OH is 19. The van der Waals surface area contributed by atoms with Crippen LogP contribution in [0.2, 0.25) is 0 Å². The first kappa shape index (κ1) is 64.3. The molecule has 7 aliphatic rings. The quantitative estimate of drug-likeness (QED) is 0.0571. The molecule has 7 heterocycles. The molecule has 32 nitrogen and oxygen atoms in total. The van der Waals surface area contributed by atoms with E-state index in [1.807, 2.05) is 0 Å². The van der Waals surface area contributed by atoms with Gasteiger partial charge >= 0.3 is 0 Å². The topological polar surface area (TPSA) is 504 Å². The SMILES string of the molecule is CC1C(O)[C@H](O[C@@H]2OC(CO)[C@H](O)C(O)[C@@H]2O)[C@H](CO)O[C@H]1O[C@@H]1C(O)[C@H](O)C(CO)O[C@@H]1OCC1O[C@@H](O[C@@H]2C(CO)O[C@@H](O[C@@H]3C(CO)O[C@@H](C)[C@@H](C)C3O)[C@@H](C)C2O)[C@H](O)C(O[C@H]2O[C@H](CO)[C@@H](O)C(O)C2O)[C@@H]1O. The maximum absolute atomic E-state index is 11.9. The summed E-state index contributed by atoms with van der Waals surface area (Å²) in [6, 6.07) is 0. The summed E-state index contributed by atoms with van der Waals surface area (Å²) in [7, 11) is 0. The zero-order chi connectivity index (χ0) is 57.3. The van der Waals surface area contributed by atoms with E-state index >= 15 is 0 Å². The molecule has 0 aliphatic carbocycles. The third kappa shape index (κ3) is 13.2. The van der Waals surface area contributed by atoms with E-state index in [-0.39, 0.29) is 0 Å². The van der Waals surface area contributed by atoms with Gasteiger partial charge in [0.1, 0.15) is 134 Å². The minimum absolute atomic E-state index is 0.465. The molecule has 0 spiro atoms. The van der Waals surface area contributed by atoms with Crippen molar-refractivity contribution in [1.29, 1.82) is 0 Å². The Balaban J connectivity index is 1.11. The van der Waals surface area contributed by atoms with Crippen LogP contribution in [0.1, 0.15) is 27.7 Å². The minimum Gasteiger partial charge on any atom is -0.394 e. The van der Waals surface area contributed by atoms with Gasteiger partial charge in [0.05, 0.1) is 70.7 Å². The van der Waals surface area contributed by atoms with E-state index in [0.717, 1.165) is 0 Å². The van der Waals surface area contributed by atoms with Gasteiger partial charge in [-0.2, -0.15) is 0 Å². The van der Waals surface area contributed by atoms with Crippen molar-refractivity contribution in [1.82, 2.24) is 0 Å². The van der Waals surface area contributed by atoms with E-state index in [2.05, 4.69) is 0 Å². The van der Waals surface area contributed by atoms with Crippen LogP contribution in [0.3, 0.4) is 0 Å². The Morgan fingerprint density at radius 3 is 1.01 bits per heavy atom. The van der Waals surface area contributed by atoms with Crippen molar-refractivity contribution in [2.24, 2.45) is 17.8 Å². The molecule has 7 saturated heterocycles. The summed E-state index contributed by atoms with van der Waals surface area (Å²) in [5, 5.41) is 204. The summed E-state index contributed by atoms with van der Waals surface area (Å²) in [5.41, 5.74) is 0. The predicted molar refractivity (Wildman–Crippen MR) is 245 cm³/mol. The van der Waals surface area contributed by atoms with Gasteiger partial charge in [0.15, 0.2) is 37.7 Å². The first-order valence-corrected chi connectivity index (χ1v) is 25.9. The summed E-state index contributed by atoms with van der Waals surface area (Å²) in [6.07, 6.45) is -53.7. The van der Waals surface area contributed by atoms with Crippen molar-refractivity contribution in [2.75, 3.05) is 46.2 Å². The second kappa shape index (κ2) is 27.6. The number of hydrogen-bond donors (Lipinski definition) is 19. The molecule has 14 unspecified atom stereocenters. The van der Waals surface area contributed by atoms with Gasteiger partial charge in [-0.1, -0.05) is 20.8 Å². The molecule has 7 aliphatic heterocycles. The van der Waals surface area contributed by atoms with Crippen LogP contribution in [0.25, 0.3) is 0 Å². The van der Waals surface area contributed by atoms with Crippen LogP contribution < -0.4 is 0 Å². The highest BCUT2D eigenvalue weighted by atomic mass is 16.8. The summed E-state index contributed by atoms with van der Waals surface area (Å²) >= 11 is 0. The van der Waals surface area contributed by atoms with Crippen LogP contribution in [-0.4, -0.2) is 340 Å². The van der Waals surface area contributed by atoms with Gasteiger partial charge in [-0.3, -0.25) is 0 Å². The smallest absolute Gasteiger partial charge is 0.187 e. The van der Waals surface area contributed by atoms with Crippen LogP contribution in [0.4, 0.5) is 0 Å². The maximum Gasteiger partial charge on any atom is 0.187 e. The highest BCUT2D eigenvalue weighted by Crippen LogP contribution is 2.39. The third-order valence-corrected chi connectivity index (χ3v) is 15.9. The first-order valence-electron chi connectivity index (χ1n) is 25.9. The lowest BCUT2D eigenvalue weighted by molar-refractivity contribution is -0.391. The van der Waals surface area contributed by atoms with Gasteiger partial charge in [-0.15, -0.1) is 0 Å². The van der Waals surface area contributed by atoms with Gasteiger partial charge < -0.3 is 159 Å². The fraction of sp³-hybridized carbons (Fsp3) is 1.00. The molecule has 7 rings (SSSR count). The molecule has 35 atom stereocenters. The zero-order valence-corrected chi connectivity index (χ0v) is 43.0. The van der Waals surface area contributed by atoms with Crippen LogP contribution in [-0.2, 0) is 61.6 Å². The van der Waals surface area contributed by atoms with E-state index in [1.165, 1.54) is 13.8 Å². The largest absolute Gasteiger partial charge is 0.394 e. The van der Waals surface area contributed by atoms with Crippen molar-refractivity contribution in [3.8, 4) is 0 Å². The lowest BCUT2D eigenvalue weighted by atomic mass is 9.88. The van der Waals surface area contributed by atoms with Crippen LogP contribution in [0.15, 0.2) is 0 Å². The molecule has 7 fully saturated rings. The van der Waals surface area contributed by atoms with E-state index in [0.29, 0.717) is 0 Å². The number of hydrogen-bond acceptors (Lipinski definition) is 32. The molecule has 0 saturated carbocycles. The van der Waals surface area contributed by atoms with Gasteiger partial charge in [0, 0.05) is 17.8 Å². The number of aliphatic hydroxyl groups is 19. The molecule has 0 aromatic carbocycles. The maximum atomic E-state index is 11.9. The third-order valence-electron chi connectivity index (χ3n) is 15.9. The molecule has 0 radical (unpaired) electrons. The van der Waals surface area contributed by atoms with Crippen molar-refractivity contribution in [3.63, 3.8) is 0 Å². The lowest BCUT2D eigenvalue weighted by Gasteiger charge is -2.50. The van der Waals surface area contributed by atoms with Gasteiger partial charge in [0.25, 0.3) is 0 Å². The molecular formula is C46H80O32. The fourth-order valence-electron chi connectivity index (χ4n) is 10.6. The van der Waals surface area contributed by atoms with E-state index in [4.69, 9.17) is 61.6 Å². The summed E-state index contributed by atoms with van der Waals surface area (Å²) in [5.74, 6) is -2.72. The lowest BCUT2D eigenvalue weighted by Crippen LogP contribution is -2.67. The molecule has 0 bridgehead atoms. The second-order valence-electron chi connectivity index (χ2n) is 21.0. The molecule has 0 aromatic heterocycles. The van der Waals surface area contributed by atoms with Gasteiger partial charge in [0.2, 0.25) is 0 Å². The molecule has 32 heteroatoms. The minimum atomic E-state index is -2.15. The van der Waals surface area contributed by atoms with E-state index < -0.39 is 260 Å². The first-order chi connectivity index (χ1) is 37.0. The summed E-state index contributed by atoms with van der Waals surface area (Å²) in [6.45, 7) is 0.404. The fourth-order valence-corrected chi connectivity index (χ4v) is 10.6. The molecule has 78 heavy (non-hydrogen) atoms. The number of rotatable bonds is 19. The molecule has 19 N–H and O–H groups in total. The summed E-state index contributed by atoms with van der Waals surface area (Å²) < 4.78 is 76.4. The van der Waals surface area contributed by atoms with Crippen LogP contribution in [0, 0.1) is 17.8 Å². The van der Waals surface area contributed by atoms with Crippen LogP contribution >= 0.6 is 0 Å². The predicted octanol–water partition coefficient (Wildman–Crippen LogP) is -11.4. The Kier molecular flexibility index (Phi) is 22.8. The van der Waals surface area contributed by atoms with Gasteiger partial charge in [-0.05, 0) is 6.92 Å². The van der Waals surface area contributed by atoms with Crippen LogP contribution in [0.5, 0.6) is 0 Å². The summed E-state index contributed by atoms with van der Waals surface area (Å²) in [4.78, 5) is 0. The monoisotopic (exact) mass is 1140 g/mol. The Morgan fingerprint density at radius 1 is 0.256 bits per heavy atom. The van der Waals surface area contributed by atoms with Crippen molar-refractivity contribution >= 4 is 0 Å². The zero-order valence-electron chi connectivity index (χ0n) is 43.0. The molecule has 456 valence electrons. The van der Waals surface area contributed by atoms with E-state index in [1.54, 1.807) is 13.8 Å². The molecule has 0 aromatic rings. The highest BCUT2D eigenvalue weighted by molar-refractivity contribution is 5.00. The highest BCUT2D eigenvalue weighted by Gasteiger charge is 2.57. The Morgan fingerprint density at radius 2 is 0.577 bits per heavy atom. The second-order valence-corrected chi connectivity index (χ2v) is 21.0. The molecule has 0 amide bonds. The average molecular weight is 1150 g/mol. The van der Waals surface area contributed by atoms with Crippen molar-refractivity contribution < 1.29 is 159 Å².